The number of nitrogens with one attached hydrogen (secondary N) is 2. The number of rotatable bonds is 3. The molecule has 0 spiro atoms. The molecule has 0 aliphatic carbocycles. The molecule has 0 aliphatic heterocycles. The van der Waals surface area contributed by atoms with Gasteiger partial charge in [0, 0.05) is 5.69 Å². The van der Waals surface area contributed by atoms with Crippen LogP contribution in [0.4, 0.5) is 11.6 Å². The molecule has 0 amide bonds. The monoisotopic (exact) mass is 281 g/mol. The highest BCUT2D eigenvalue weighted by molar-refractivity contribution is 5.84. The van der Waals surface area contributed by atoms with E-state index in [1.807, 2.05) is 31.2 Å². The van der Waals surface area contributed by atoms with E-state index in [0.717, 1.165) is 11.3 Å². The Bertz CT molecular complexity index is 856. The molecular formula is C16H15N3O2. The van der Waals surface area contributed by atoms with E-state index in [4.69, 9.17) is 4.74 Å². The lowest BCUT2D eigenvalue weighted by atomic mass is 10.2. The van der Waals surface area contributed by atoms with Crippen LogP contribution in [0, 0.1) is 6.92 Å². The summed E-state index contributed by atoms with van der Waals surface area (Å²) >= 11 is 0. The summed E-state index contributed by atoms with van der Waals surface area (Å²) in [6.45, 7) is 1.99. The van der Waals surface area contributed by atoms with Crippen LogP contribution < -0.4 is 15.6 Å². The van der Waals surface area contributed by atoms with E-state index >= 15 is 0 Å². The summed E-state index contributed by atoms with van der Waals surface area (Å²) in [7, 11) is 1.56. The van der Waals surface area contributed by atoms with Crippen molar-refractivity contribution in [3.8, 4) is 5.75 Å². The van der Waals surface area contributed by atoms with Crippen LogP contribution in [0.5, 0.6) is 5.75 Å². The van der Waals surface area contributed by atoms with Crippen molar-refractivity contribution in [3.05, 3.63) is 58.4 Å². The molecule has 3 rings (SSSR count). The Balaban J connectivity index is 2.12. The maximum absolute atomic E-state index is 12.2. The Morgan fingerprint density at radius 3 is 2.71 bits per heavy atom. The van der Waals surface area contributed by atoms with Gasteiger partial charge >= 0.3 is 0 Å². The average molecular weight is 281 g/mol. The third-order valence-corrected chi connectivity index (χ3v) is 3.32. The summed E-state index contributed by atoms with van der Waals surface area (Å²) in [4.78, 5) is 19.3. The SMILES string of the molecule is COc1cccc2c(=O)[nH]c(Nc3ccccc3C)nc12. The quantitative estimate of drug-likeness (QED) is 0.774. The van der Waals surface area contributed by atoms with Crippen LogP contribution in [0.1, 0.15) is 5.56 Å². The average Bonchev–Trinajstić information content (AvgIpc) is 2.49. The maximum Gasteiger partial charge on any atom is 0.260 e. The van der Waals surface area contributed by atoms with Crippen LogP contribution >= 0.6 is 0 Å². The summed E-state index contributed by atoms with van der Waals surface area (Å²) in [5.41, 5.74) is 2.31. The van der Waals surface area contributed by atoms with Crippen LogP contribution in [0.2, 0.25) is 0 Å². The fourth-order valence-corrected chi connectivity index (χ4v) is 2.20. The van der Waals surface area contributed by atoms with Gasteiger partial charge < -0.3 is 10.1 Å². The third-order valence-electron chi connectivity index (χ3n) is 3.32. The van der Waals surface area contributed by atoms with E-state index in [9.17, 15) is 4.79 Å². The molecule has 3 aromatic rings. The Labute approximate surface area is 121 Å². The molecular weight excluding hydrogens is 266 g/mol. The minimum absolute atomic E-state index is 0.199. The van der Waals surface area contributed by atoms with Crippen molar-refractivity contribution in [2.24, 2.45) is 0 Å². The summed E-state index contributed by atoms with van der Waals surface area (Å²) in [6.07, 6.45) is 0. The van der Waals surface area contributed by atoms with Crippen molar-refractivity contribution in [1.82, 2.24) is 9.97 Å². The Hall–Kier alpha value is -2.82. The molecule has 0 fully saturated rings. The summed E-state index contributed by atoms with van der Waals surface area (Å²) in [6, 6.07) is 13.1. The van der Waals surface area contributed by atoms with Crippen molar-refractivity contribution < 1.29 is 4.74 Å². The highest BCUT2D eigenvalue weighted by Gasteiger charge is 2.09. The van der Waals surface area contributed by atoms with Crippen molar-refractivity contribution in [2.45, 2.75) is 6.92 Å². The molecule has 0 bridgehead atoms. The lowest BCUT2D eigenvalue weighted by molar-refractivity contribution is 0.419. The number of methoxy groups -OCH3 is 1. The number of hydrogen-bond donors (Lipinski definition) is 2. The smallest absolute Gasteiger partial charge is 0.260 e. The van der Waals surface area contributed by atoms with Gasteiger partial charge in [-0.1, -0.05) is 24.3 Å². The second-order valence-corrected chi connectivity index (χ2v) is 4.71. The molecule has 5 nitrogen and oxygen atoms in total. The number of aryl methyl sites for hydroxylation is 1. The molecule has 0 atom stereocenters. The van der Waals surface area contributed by atoms with Gasteiger partial charge in [0.05, 0.1) is 12.5 Å². The maximum atomic E-state index is 12.2. The van der Waals surface area contributed by atoms with E-state index < -0.39 is 0 Å². The van der Waals surface area contributed by atoms with Crippen LogP contribution in [-0.2, 0) is 0 Å². The normalized spacial score (nSPS) is 10.6. The number of para-hydroxylation sites is 2. The van der Waals surface area contributed by atoms with Gasteiger partial charge in [-0.2, -0.15) is 0 Å². The van der Waals surface area contributed by atoms with Crippen molar-refractivity contribution in [1.29, 1.82) is 0 Å². The number of anilines is 2. The fourth-order valence-electron chi connectivity index (χ4n) is 2.20. The van der Waals surface area contributed by atoms with E-state index in [1.165, 1.54) is 0 Å². The number of fused-ring (bicyclic) bond motifs is 1. The highest BCUT2D eigenvalue weighted by Crippen LogP contribution is 2.23. The number of ether oxygens (including phenoxy) is 1. The zero-order valence-corrected chi connectivity index (χ0v) is 11.8. The van der Waals surface area contributed by atoms with Crippen LogP contribution in [-0.4, -0.2) is 17.1 Å². The summed E-state index contributed by atoms with van der Waals surface area (Å²) in [5.74, 6) is 0.970. The van der Waals surface area contributed by atoms with Gasteiger partial charge in [0.2, 0.25) is 5.95 Å². The first kappa shape index (κ1) is 13.2. The summed E-state index contributed by atoms with van der Waals surface area (Å²) in [5, 5.41) is 3.64. The first-order valence-electron chi connectivity index (χ1n) is 6.59. The van der Waals surface area contributed by atoms with Crippen molar-refractivity contribution >= 4 is 22.5 Å². The number of benzene rings is 2. The number of aromatic nitrogens is 2. The lowest BCUT2D eigenvalue weighted by Crippen LogP contribution is -2.12. The van der Waals surface area contributed by atoms with E-state index in [-0.39, 0.29) is 5.56 Å². The second kappa shape index (κ2) is 5.28. The number of nitrogens with zero attached hydrogens (tertiary/aromatic N) is 1. The van der Waals surface area contributed by atoms with E-state index in [1.54, 1.807) is 25.3 Å². The zero-order chi connectivity index (χ0) is 14.8. The predicted molar refractivity (Wildman–Crippen MR) is 83.4 cm³/mol. The first-order chi connectivity index (χ1) is 10.2. The molecule has 0 aliphatic rings. The van der Waals surface area contributed by atoms with Crippen LogP contribution in [0.15, 0.2) is 47.3 Å². The molecule has 2 aromatic carbocycles. The van der Waals surface area contributed by atoms with E-state index in [2.05, 4.69) is 15.3 Å². The standard InChI is InChI=1S/C16H15N3O2/c1-10-6-3-4-8-12(10)17-16-18-14-11(15(20)19-16)7-5-9-13(14)21-2/h3-9H,1-2H3,(H2,17,18,19,20). The van der Waals surface area contributed by atoms with Crippen molar-refractivity contribution in [3.63, 3.8) is 0 Å². The lowest BCUT2D eigenvalue weighted by Gasteiger charge is -2.10. The molecule has 1 heterocycles. The fraction of sp³-hybridized carbons (Fsp3) is 0.125. The number of hydrogen-bond acceptors (Lipinski definition) is 4. The topological polar surface area (TPSA) is 67.0 Å². The van der Waals surface area contributed by atoms with Crippen LogP contribution in [0.3, 0.4) is 0 Å². The van der Waals surface area contributed by atoms with E-state index in [0.29, 0.717) is 22.6 Å². The molecule has 0 saturated carbocycles. The molecule has 0 unspecified atom stereocenters. The highest BCUT2D eigenvalue weighted by atomic mass is 16.5. The number of H-pyrrole nitrogens is 1. The zero-order valence-electron chi connectivity index (χ0n) is 11.8. The van der Waals surface area contributed by atoms with Crippen molar-refractivity contribution in [2.75, 3.05) is 12.4 Å². The molecule has 106 valence electrons. The van der Waals surface area contributed by atoms with Gasteiger partial charge in [0.15, 0.2) is 0 Å². The Morgan fingerprint density at radius 1 is 1.14 bits per heavy atom. The van der Waals surface area contributed by atoms with Gasteiger partial charge in [-0.3, -0.25) is 9.78 Å². The van der Waals surface area contributed by atoms with Gasteiger partial charge in [-0.15, -0.1) is 0 Å². The molecule has 21 heavy (non-hydrogen) atoms. The molecule has 2 N–H and O–H groups in total. The van der Waals surface area contributed by atoms with Gasteiger partial charge in [0.25, 0.3) is 5.56 Å². The third kappa shape index (κ3) is 2.45. The van der Waals surface area contributed by atoms with Gasteiger partial charge in [0.1, 0.15) is 11.3 Å². The predicted octanol–water partition coefficient (Wildman–Crippen LogP) is 2.98. The van der Waals surface area contributed by atoms with Gasteiger partial charge in [-0.25, -0.2) is 4.98 Å². The number of aromatic amines is 1. The first-order valence-corrected chi connectivity index (χ1v) is 6.59. The minimum atomic E-state index is -0.199. The van der Waals surface area contributed by atoms with Crippen LogP contribution in [0.25, 0.3) is 10.9 Å². The Morgan fingerprint density at radius 2 is 1.95 bits per heavy atom. The molecule has 1 aromatic heterocycles. The van der Waals surface area contributed by atoms with Gasteiger partial charge in [-0.05, 0) is 30.7 Å². The Kier molecular flexibility index (Phi) is 3.31. The second-order valence-electron chi connectivity index (χ2n) is 4.71. The molecule has 0 radical (unpaired) electrons. The molecule has 5 heteroatoms. The largest absolute Gasteiger partial charge is 0.494 e. The minimum Gasteiger partial charge on any atom is -0.494 e. The summed E-state index contributed by atoms with van der Waals surface area (Å²) < 4.78 is 5.27. The molecule has 0 saturated heterocycles.